The Kier molecular flexibility index (Phi) is 5.10. The molecule has 1 aliphatic heterocycles. The topological polar surface area (TPSA) is 71.8 Å². The summed E-state index contributed by atoms with van der Waals surface area (Å²) < 4.78 is 6.98. The maximum atomic E-state index is 12.3. The predicted molar refractivity (Wildman–Crippen MR) is 117 cm³/mol. The van der Waals surface area contributed by atoms with Gasteiger partial charge < -0.3 is 19.3 Å². The maximum absolute atomic E-state index is 12.3. The molecule has 1 aromatic heterocycles. The number of aromatic nitrogens is 1. The number of methoxy groups -OCH3 is 1. The number of carbonyl (C=O) groups is 1. The van der Waals surface area contributed by atoms with Gasteiger partial charge in [-0.25, -0.2) is 0 Å². The number of carboxylic acids is 1. The van der Waals surface area contributed by atoms with Gasteiger partial charge in [0.05, 0.1) is 12.8 Å². The van der Waals surface area contributed by atoms with Gasteiger partial charge in [-0.3, -0.25) is 9.59 Å². The number of hydrogen-bond donors (Lipinski definition) is 1. The average molecular weight is 423 g/mol. The number of fused-ring (bicyclic) bond motifs is 2. The second-order valence-electron chi connectivity index (χ2n) is 7.04. The van der Waals surface area contributed by atoms with Crippen LogP contribution in [0.3, 0.4) is 0 Å². The molecule has 0 aliphatic carbocycles. The van der Waals surface area contributed by atoms with Crippen LogP contribution >= 0.6 is 11.6 Å². The molecule has 30 heavy (non-hydrogen) atoms. The molecule has 0 saturated heterocycles. The Hall–Kier alpha value is -3.51. The number of nitrogens with zero attached hydrogens (tertiary/aromatic N) is 2. The van der Waals surface area contributed by atoms with Crippen molar-refractivity contribution in [2.45, 2.75) is 0 Å². The summed E-state index contributed by atoms with van der Waals surface area (Å²) in [4.78, 5) is 25.4. The third-order valence-electron chi connectivity index (χ3n) is 5.02. The highest BCUT2D eigenvalue weighted by Crippen LogP contribution is 2.25. The van der Waals surface area contributed by atoms with Gasteiger partial charge >= 0.3 is 5.97 Å². The van der Waals surface area contributed by atoms with E-state index in [1.54, 1.807) is 43.6 Å². The van der Waals surface area contributed by atoms with E-state index in [0.29, 0.717) is 16.5 Å². The molecule has 2 heterocycles. The Bertz CT molecular complexity index is 1330. The van der Waals surface area contributed by atoms with E-state index in [1.807, 2.05) is 30.3 Å². The molecular weight excluding hydrogens is 404 g/mol. The van der Waals surface area contributed by atoms with Crippen molar-refractivity contribution in [1.82, 2.24) is 4.57 Å². The van der Waals surface area contributed by atoms with Gasteiger partial charge in [-0.05, 0) is 46.7 Å². The molecule has 152 valence electrons. The molecule has 0 bridgehead atoms. The molecule has 1 aliphatic rings. The lowest BCUT2D eigenvalue weighted by Gasteiger charge is -2.20. The number of benzene rings is 2. The van der Waals surface area contributed by atoms with E-state index in [1.165, 1.54) is 10.6 Å². The number of halogens is 1. The number of carboxylic acid groups (broad SMARTS) is 1. The van der Waals surface area contributed by atoms with Crippen molar-refractivity contribution >= 4 is 35.5 Å². The first-order chi connectivity index (χ1) is 14.4. The summed E-state index contributed by atoms with van der Waals surface area (Å²) >= 11 is 6.05. The van der Waals surface area contributed by atoms with Crippen molar-refractivity contribution < 1.29 is 14.6 Å². The molecular formula is C23H19ClN2O4. The third-order valence-corrected chi connectivity index (χ3v) is 5.28. The van der Waals surface area contributed by atoms with Gasteiger partial charge in [0.15, 0.2) is 0 Å². The van der Waals surface area contributed by atoms with Crippen LogP contribution in [0.1, 0.15) is 5.56 Å². The zero-order valence-electron chi connectivity index (χ0n) is 16.4. The van der Waals surface area contributed by atoms with Gasteiger partial charge in [0.25, 0.3) is 5.56 Å². The summed E-state index contributed by atoms with van der Waals surface area (Å²) in [5.74, 6) is -0.329. The number of anilines is 1. The summed E-state index contributed by atoms with van der Waals surface area (Å²) in [5.41, 5.74) is 2.84. The summed E-state index contributed by atoms with van der Waals surface area (Å²) in [6.07, 6.45) is 5.41. The van der Waals surface area contributed by atoms with Crippen molar-refractivity contribution in [2.24, 2.45) is 7.05 Å². The summed E-state index contributed by atoms with van der Waals surface area (Å²) in [6.45, 7) is -0.278. The molecule has 0 saturated carbocycles. The number of ether oxygens (including phenoxy) is 1. The fourth-order valence-electron chi connectivity index (χ4n) is 3.57. The SMILES string of the molecule is COc1cc(-c2ccc(Cl)cc2)c2c(c1)=Cc1cn(C)c(=O)cc1N(CC(=O)O)C=2. The largest absolute Gasteiger partial charge is 0.497 e. The van der Waals surface area contributed by atoms with E-state index in [9.17, 15) is 14.7 Å². The van der Waals surface area contributed by atoms with E-state index in [0.717, 1.165) is 27.1 Å². The van der Waals surface area contributed by atoms with Crippen LogP contribution in [0.5, 0.6) is 5.75 Å². The first-order valence-corrected chi connectivity index (χ1v) is 9.60. The van der Waals surface area contributed by atoms with E-state index in [-0.39, 0.29) is 12.1 Å². The molecule has 6 nitrogen and oxygen atoms in total. The zero-order valence-corrected chi connectivity index (χ0v) is 17.2. The van der Waals surface area contributed by atoms with Crippen LogP contribution in [-0.2, 0) is 11.8 Å². The molecule has 0 atom stereocenters. The lowest BCUT2D eigenvalue weighted by Crippen LogP contribution is -2.32. The summed E-state index contributed by atoms with van der Waals surface area (Å²) in [7, 11) is 3.26. The van der Waals surface area contributed by atoms with Crippen LogP contribution in [0.15, 0.2) is 53.5 Å². The quantitative estimate of drug-likeness (QED) is 0.697. The van der Waals surface area contributed by atoms with Crippen LogP contribution < -0.4 is 25.6 Å². The highest BCUT2D eigenvalue weighted by atomic mass is 35.5. The van der Waals surface area contributed by atoms with Gasteiger partial charge in [-0.2, -0.15) is 0 Å². The first-order valence-electron chi connectivity index (χ1n) is 9.22. The van der Waals surface area contributed by atoms with Gasteiger partial charge in [-0.1, -0.05) is 23.7 Å². The Balaban J connectivity index is 2.09. The number of hydrogen-bond acceptors (Lipinski definition) is 4. The van der Waals surface area contributed by atoms with Crippen LogP contribution in [0, 0.1) is 0 Å². The van der Waals surface area contributed by atoms with Crippen LogP contribution in [0.4, 0.5) is 5.69 Å². The molecule has 2 aromatic carbocycles. The van der Waals surface area contributed by atoms with Gasteiger partial charge in [-0.15, -0.1) is 0 Å². The van der Waals surface area contributed by atoms with E-state index < -0.39 is 5.97 Å². The van der Waals surface area contributed by atoms with Crippen molar-refractivity contribution in [3.05, 3.63) is 80.0 Å². The predicted octanol–water partition coefficient (Wildman–Crippen LogP) is 2.19. The van der Waals surface area contributed by atoms with Crippen LogP contribution in [-0.4, -0.2) is 29.3 Å². The summed E-state index contributed by atoms with van der Waals surface area (Å²) in [5, 5.41) is 11.8. The maximum Gasteiger partial charge on any atom is 0.323 e. The molecule has 0 fully saturated rings. The molecule has 1 N–H and O–H groups in total. The first kappa shape index (κ1) is 19.8. The lowest BCUT2D eigenvalue weighted by atomic mass is 10.0. The zero-order chi connectivity index (χ0) is 21.4. The Morgan fingerprint density at radius 1 is 1.17 bits per heavy atom. The Morgan fingerprint density at radius 2 is 1.90 bits per heavy atom. The molecule has 4 rings (SSSR count). The van der Waals surface area contributed by atoms with Crippen LogP contribution in [0.2, 0.25) is 5.02 Å². The minimum absolute atomic E-state index is 0.215. The highest BCUT2D eigenvalue weighted by Gasteiger charge is 2.17. The van der Waals surface area contributed by atoms with Gasteiger partial charge in [0.1, 0.15) is 12.3 Å². The van der Waals surface area contributed by atoms with E-state index >= 15 is 0 Å². The highest BCUT2D eigenvalue weighted by molar-refractivity contribution is 6.30. The van der Waals surface area contributed by atoms with Crippen molar-refractivity contribution in [3.8, 4) is 16.9 Å². The van der Waals surface area contributed by atoms with Crippen molar-refractivity contribution in [2.75, 3.05) is 18.6 Å². The van der Waals surface area contributed by atoms with Gasteiger partial charge in [0.2, 0.25) is 0 Å². The molecule has 0 amide bonds. The fourth-order valence-corrected chi connectivity index (χ4v) is 3.69. The number of aliphatic carboxylic acids is 1. The van der Waals surface area contributed by atoms with Crippen LogP contribution in [0.25, 0.3) is 23.4 Å². The lowest BCUT2D eigenvalue weighted by molar-refractivity contribution is -0.135. The van der Waals surface area contributed by atoms with Crippen molar-refractivity contribution in [3.63, 3.8) is 0 Å². The monoisotopic (exact) mass is 422 g/mol. The van der Waals surface area contributed by atoms with Gasteiger partial charge in [0, 0.05) is 41.3 Å². The number of aryl methyl sites for hydroxylation is 1. The second kappa shape index (κ2) is 7.72. The number of rotatable bonds is 4. The molecule has 0 spiro atoms. The van der Waals surface area contributed by atoms with E-state index in [4.69, 9.17) is 16.3 Å². The smallest absolute Gasteiger partial charge is 0.323 e. The Labute approximate surface area is 177 Å². The molecule has 3 aromatic rings. The normalized spacial score (nSPS) is 12.2. The fraction of sp³-hybridized carbons (Fsp3) is 0.130. The average Bonchev–Trinajstić information content (AvgIpc) is 2.84. The minimum atomic E-state index is -0.997. The van der Waals surface area contributed by atoms with E-state index in [2.05, 4.69) is 0 Å². The van der Waals surface area contributed by atoms with Crippen molar-refractivity contribution in [1.29, 1.82) is 0 Å². The number of pyridine rings is 1. The molecule has 0 unspecified atom stereocenters. The second-order valence-corrected chi connectivity index (χ2v) is 7.48. The molecule has 0 radical (unpaired) electrons. The minimum Gasteiger partial charge on any atom is -0.497 e. The third kappa shape index (κ3) is 3.69. The molecule has 7 heteroatoms. The standard InChI is InChI=1S/C23H19ClN2O4/c1-25-11-16-7-15-8-18(30-2)9-19(14-3-5-17(24)6-4-14)20(15)12-26(13-23(28)29)21(16)10-22(25)27/h3-12H,13H2,1-2H3,(H,28,29). The Morgan fingerprint density at radius 3 is 2.57 bits per heavy atom. The summed E-state index contributed by atoms with van der Waals surface area (Å²) in [6, 6.07) is 12.7.